The standard InChI is InChI=1S/C15H21N5O2/c1-10-7-11-13(12(22)8-10)14(16-2)18-15(17-11)20-5-3-19(9-21)4-6-20/h9-10H,3-8H2,1-2H3,(H,16,17,18). The summed E-state index contributed by atoms with van der Waals surface area (Å²) in [6.07, 6.45) is 2.24. The van der Waals surface area contributed by atoms with Crippen LogP contribution in [0.15, 0.2) is 0 Å². The molecule has 0 spiro atoms. The average Bonchev–Trinajstić information content (AvgIpc) is 2.53. The monoisotopic (exact) mass is 303 g/mol. The molecule has 1 aromatic heterocycles. The fraction of sp³-hybridized carbons (Fsp3) is 0.600. The average molecular weight is 303 g/mol. The minimum Gasteiger partial charge on any atom is -0.372 e. The van der Waals surface area contributed by atoms with Crippen LogP contribution >= 0.6 is 0 Å². The van der Waals surface area contributed by atoms with Gasteiger partial charge in [0.15, 0.2) is 5.78 Å². The van der Waals surface area contributed by atoms with Crippen molar-refractivity contribution in [3.05, 3.63) is 11.3 Å². The Morgan fingerprint density at radius 1 is 1.18 bits per heavy atom. The Morgan fingerprint density at radius 3 is 2.55 bits per heavy atom. The predicted octanol–water partition coefficient (Wildman–Crippen LogP) is 0.562. The van der Waals surface area contributed by atoms with Gasteiger partial charge in [0.05, 0.1) is 11.3 Å². The number of nitrogens with zero attached hydrogens (tertiary/aromatic N) is 4. The molecule has 118 valence electrons. The lowest BCUT2D eigenvalue weighted by Crippen LogP contribution is -2.46. The van der Waals surface area contributed by atoms with E-state index in [9.17, 15) is 9.59 Å². The zero-order valence-corrected chi connectivity index (χ0v) is 13.0. The van der Waals surface area contributed by atoms with Crippen LogP contribution in [0.25, 0.3) is 0 Å². The van der Waals surface area contributed by atoms with Crippen LogP contribution in [0.3, 0.4) is 0 Å². The lowest BCUT2D eigenvalue weighted by atomic mass is 9.87. The van der Waals surface area contributed by atoms with Gasteiger partial charge in [0, 0.05) is 39.6 Å². The predicted molar refractivity (Wildman–Crippen MR) is 83.2 cm³/mol. The van der Waals surface area contributed by atoms with Gasteiger partial charge in [-0.05, 0) is 12.3 Å². The number of carbonyl (C=O) groups excluding carboxylic acids is 2. The Bertz CT molecular complexity index is 596. The lowest BCUT2D eigenvalue weighted by molar-refractivity contribution is -0.118. The third-order valence-electron chi connectivity index (χ3n) is 4.31. The number of hydrogen-bond donors (Lipinski definition) is 1. The molecule has 0 saturated carbocycles. The first kappa shape index (κ1) is 14.7. The van der Waals surface area contributed by atoms with Crippen LogP contribution in [0.5, 0.6) is 0 Å². The summed E-state index contributed by atoms with van der Waals surface area (Å²) >= 11 is 0. The Kier molecular flexibility index (Phi) is 3.96. The van der Waals surface area contributed by atoms with E-state index in [1.807, 2.05) is 0 Å². The molecule has 1 aliphatic heterocycles. The smallest absolute Gasteiger partial charge is 0.227 e. The molecule has 0 bridgehead atoms. The number of anilines is 2. The Balaban J connectivity index is 1.92. The molecule has 1 atom stereocenters. The SMILES string of the molecule is CNc1nc(N2CCN(C=O)CC2)nc2c1C(=O)CC(C)C2. The first-order valence-electron chi connectivity index (χ1n) is 7.68. The highest BCUT2D eigenvalue weighted by atomic mass is 16.1. The molecule has 1 aromatic rings. The van der Waals surface area contributed by atoms with Gasteiger partial charge in [-0.1, -0.05) is 6.92 Å². The van der Waals surface area contributed by atoms with E-state index in [-0.39, 0.29) is 5.78 Å². The van der Waals surface area contributed by atoms with Gasteiger partial charge in [-0.15, -0.1) is 0 Å². The fourth-order valence-corrected chi connectivity index (χ4v) is 3.11. The Hall–Kier alpha value is -2.18. The maximum atomic E-state index is 12.3. The van der Waals surface area contributed by atoms with Gasteiger partial charge in [0.2, 0.25) is 12.4 Å². The number of ketones is 1. The van der Waals surface area contributed by atoms with Gasteiger partial charge in [0.1, 0.15) is 5.82 Å². The van der Waals surface area contributed by atoms with Gasteiger partial charge in [-0.3, -0.25) is 9.59 Å². The number of nitrogens with one attached hydrogen (secondary N) is 1. The number of fused-ring (bicyclic) bond motifs is 1. The lowest BCUT2D eigenvalue weighted by Gasteiger charge is -2.33. The molecule has 3 rings (SSSR count). The van der Waals surface area contributed by atoms with E-state index in [1.54, 1.807) is 11.9 Å². The number of amides is 1. The van der Waals surface area contributed by atoms with Crippen molar-refractivity contribution in [1.82, 2.24) is 14.9 Å². The maximum Gasteiger partial charge on any atom is 0.227 e. The summed E-state index contributed by atoms with van der Waals surface area (Å²) in [4.78, 5) is 36.1. The Morgan fingerprint density at radius 2 is 1.91 bits per heavy atom. The zero-order chi connectivity index (χ0) is 15.7. The molecule has 22 heavy (non-hydrogen) atoms. The minimum absolute atomic E-state index is 0.121. The number of aromatic nitrogens is 2. The van der Waals surface area contributed by atoms with Crippen LogP contribution in [-0.4, -0.2) is 60.3 Å². The van der Waals surface area contributed by atoms with Crippen molar-refractivity contribution in [2.45, 2.75) is 19.8 Å². The van der Waals surface area contributed by atoms with Crippen molar-refractivity contribution >= 4 is 24.0 Å². The maximum absolute atomic E-state index is 12.3. The van der Waals surface area contributed by atoms with Crippen LogP contribution in [0.2, 0.25) is 0 Å². The van der Waals surface area contributed by atoms with Crippen LogP contribution in [0, 0.1) is 5.92 Å². The van der Waals surface area contributed by atoms with Crippen molar-refractivity contribution < 1.29 is 9.59 Å². The molecule has 7 nitrogen and oxygen atoms in total. The van der Waals surface area contributed by atoms with Crippen molar-refractivity contribution in [3.63, 3.8) is 0 Å². The van der Waals surface area contributed by atoms with E-state index in [1.165, 1.54) is 0 Å². The third kappa shape index (κ3) is 2.63. The summed E-state index contributed by atoms with van der Waals surface area (Å²) in [5.41, 5.74) is 1.49. The molecule has 2 heterocycles. The van der Waals surface area contributed by atoms with Crippen molar-refractivity contribution in [3.8, 4) is 0 Å². The van der Waals surface area contributed by atoms with Crippen LogP contribution in [-0.2, 0) is 11.2 Å². The second-order valence-electron chi connectivity index (χ2n) is 6.01. The highest BCUT2D eigenvalue weighted by molar-refractivity contribution is 6.02. The number of rotatable bonds is 3. The highest BCUT2D eigenvalue weighted by Gasteiger charge is 2.29. The summed E-state index contributed by atoms with van der Waals surface area (Å²) in [5, 5.41) is 3.03. The summed E-state index contributed by atoms with van der Waals surface area (Å²) in [6.45, 7) is 4.85. The second-order valence-corrected chi connectivity index (χ2v) is 6.01. The second kappa shape index (κ2) is 5.90. The molecule has 1 fully saturated rings. The van der Waals surface area contributed by atoms with Crippen molar-refractivity contribution in [2.24, 2.45) is 5.92 Å². The quantitative estimate of drug-likeness (QED) is 0.822. The molecule has 1 unspecified atom stereocenters. The number of carbonyl (C=O) groups is 2. The molecular weight excluding hydrogens is 282 g/mol. The molecular formula is C15H21N5O2. The van der Waals surface area contributed by atoms with Gasteiger partial charge in [0.25, 0.3) is 0 Å². The van der Waals surface area contributed by atoms with Gasteiger partial charge in [-0.25, -0.2) is 4.98 Å². The molecule has 1 N–H and O–H groups in total. The molecule has 1 saturated heterocycles. The third-order valence-corrected chi connectivity index (χ3v) is 4.31. The fourth-order valence-electron chi connectivity index (χ4n) is 3.11. The van der Waals surface area contributed by atoms with E-state index >= 15 is 0 Å². The topological polar surface area (TPSA) is 78.4 Å². The van der Waals surface area contributed by atoms with Crippen molar-refractivity contribution in [1.29, 1.82) is 0 Å². The highest BCUT2D eigenvalue weighted by Crippen LogP contribution is 2.30. The van der Waals surface area contributed by atoms with E-state index in [2.05, 4.69) is 27.1 Å². The van der Waals surface area contributed by atoms with Crippen LogP contribution in [0.4, 0.5) is 11.8 Å². The first-order valence-corrected chi connectivity index (χ1v) is 7.68. The molecule has 0 aromatic carbocycles. The normalized spacial score (nSPS) is 21.5. The number of piperazine rings is 1. The van der Waals surface area contributed by atoms with E-state index in [4.69, 9.17) is 0 Å². The molecule has 2 aliphatic rings. The van der Waals surface area contributed by atoms with Gasteiger partial charge < -0.3 is 15.1 Å². The molecule has 7 heteroatoms. The molecule has 1 amide bonds. The minimum atomic E-state index is 0.121. The summed E-state index contributed by atoms with van der Waals surface area (Å²) in [6, 6.07) is 0. The molecule has 0 radical (unpaired) electrons. The summed E-state index contributed by atoms with van der Waals surface area (Å²) < 4.78 is 0. The Labute approximate surface area is 129 Å². The van der Waals surface area contributed by atoms with Crippen LogP contribution < -0.4 is 10.2 Å². The summed E-state index contributed by atoms with van der Waals surface area (Å²) in [5.74, 6) is 1.71. The number of hydrogen-bond acceptors (Lipinski definition) is 6. The van der Waals surface area contributed by atoms with Gasteiger partial charge in [-0.2, -0.15) is 4.98 Å². The zero-order valence-electron chi connectivity index (χ0n) is 13.0. The van der Waals surface area contributed by atoms with E-state index in [0.29, 0.717) is 55.8 Å². The number of Topliss-reactive ketones (excluding diaryl/α,β-unsaturated/α-hetero) is 1. The molecule has 1 aliphatic carbocycles. The first-order chi connectivity index (χ1) is 10.6. The van der Waals surface area contributed by atoms with Crippen LogP contribution in [0.1, 0.15) is 29.4 Å². The van der Waals surface area contributed by atoms with Crippen molar-refractivity contribution in [2.75, 3.05) is 43.4 Å². The van der Waals surface area contributed by atoms with E-state index < -0.39 is 0 Å². The van der Waals surface area contributed by atoms with Gasteiger partial charge >= 0.3 is 0 Å². The largest absolute Gasteiger partial charge is 0.372 e. The van der Waals surface area contributed by atoms with E-state index in [0.717, 1.165) is 18.5 Å². The summed E-state index contributed by atoms with van der Waals surface area (Å²) in [7, 11) is 1.78.